The Morgan fingerprint density at radius 2 is 1.91 bits per heavy atom. The van der Waals surface area contributed by atoms with Crippen molar-refractivity contribution >= 4 is 36.3 Å². The van der Waals surface area contributed by atoms with E-state index < -0.39 is 30.0 Å². The largest absolute Gasteiger partial charge is 0.378 e. The minimum Gasteiger partial charge on any atom is -0.378 e. The summed E-state index contributed by atoms with van der Waals surface area (Å²) in [5.74, 6) is -0.0947. The van der Waals surface area contributed by atoms with Gasteiger partial charge in [0.25, 0.3) is 0 Å². The van der Waals surface area contributed by atoms with Gasteiger partial charge in [-0.05, 0) is 18.3 Å². The summed E-state index contributed by atoms with van der Waals surface area (Å²) in [4.78, 5) is 7.64. The fraction of sp³-hybridized carbons (Fsp3) is 0.444. The number of hydrogen-bond donors (Lipinski definition) is 2. The number of nitrogens with zero attached hydrogens (tertiary/aromatic N) is 6. The summed E-state index contributed by atoms with van der Waals surface area (Å²) in [5, 5.41) is 21.0. The first-order chi connectivity index (χ1) is 16.2. The second-order valence-electron chi connectivity index (χ2n) is 8.10. The molecule has 4 heterocycles. The number of hydrogen-bond acceptors (Lipinski definition) is 12. The molecule has 34 heavy (non-hydrogen) atoms. The number of primary sulfonamides is 1. The lowest BCUT2D eigenvalue weighted by atomic mass is 10.0. The van der Waals surface area contributed by atoms with E-state index in [1.54, 1.807) is 12.4 Å². The average Bonchev–Trinajstić information content (AvgIpc) is 3.48. The second-order valence-corrected chi connectivity index (χ2v) is 12.6. The smallest absolute Gasteiger partial charge is 0.240 e. The summed E-state index contributed by atoms with van der Waals surface area (Å²) < 4.78 is 57.8. The highest BCUT2D eigenvalue weighted by atomic mass is 32.2. The number of thiazole rings is 1. The molecule has 0 aliphatic carbocycles. The molecule has 3 aromatic rings. The van der Waals surface area contributed by atoms with Crippen molar-refractivity contribution in [2.24, 2.45) is 5.14 Å². The van der Waals surface area contributed by atoms with Gasteiger partial charge in [0.05, 0.1) is 34.6 Å². The average molecular weight is 527 g/mol. The Morgan fingerprint density at radius 3 is 2.53 bits per heavy atom. The predicted molar refractivity (Wildman–Crippen MR) is 124 cm³/mol. The van der Waals surface area contributed by atoms with Crippen molar-refractivity contribution in [1.29, 1.82) is 0 Å². The second kappa shape index (κ2) is 8.62. The standard InChI is InChI=1S/C18H22N8O5S3/c1-25-8-11(9-25)33(27,28)14-3-2-12(13-10-32-18(20-13)26-4-6-31-7-5-26)15(16(14)34(19,29)30)17-21-23-24-22-17/h2-3,10-11H,4-9H2,1H3,(H2,19,29,30)(H,21,22,23,24). The third-order valence-electron chi connectivity index (χ3n) is 5.80. The molecule has 182 valence electrons. The Bertz CT molecular complexity index is 1410. The normalized spacial score (nSPS) is 18.2. The zero-order valence-corrected chi connectivity index (χ0v) is 20.5. The van der Waals surface area contributed by atoms with Gasteiger partial charge in [0, 0.05) is 37.1 Å². The van der Waals surface area contributed by atoms with Gasteiger partial charge in [-0.3, -0.25) is 0 Å². The molecule has 1 aromatic carbocycles. The fourth-order valence-corrected chi connectivity index (χ4v) is 8.37. The van der Waals surface area contributed by atoms with E-state index >= 15 is 0 Å². The van der Waals surface area contributed by atoms with Crippen LogP contribution in [0.4, 0.5) is 5.13 Å². The summed E-state index contributed by atoms with van der Waals surface area (Å²) >= 11 is 1.39. The summed E-state index contributed by atoms with van der Waals surface area (Å²) in [6.07, 6.45) is 0. The van der Waals surface area contributed by atoms with E-state index in [-0.39, 0.29) is 16.3 Å². The molecule has 0 amide bonds. The van der Waals surface area contributed by atoms with E-state index in [4.69, 9.17) is 9.88 Å². The van der Waals surface area contributed by atoms with Crippen LogP contribution in [0.1, 0.15) is 0 Å². The Balaban J connectivity index is 1.71. The number of likely N-dealkylation sites (tertiary alicyclic amines) is 1. The molecular weight excluding hydrogens is 504 g/mol. The topological polar surface area (TPSA) is 177 Å². The first-order valence-electron chi connectivity index (χ1n) is 10.3. The molecular formula is C18H22N8O5S3. The first kappa shape index (κ1) is 23.3. The lowest BCUT2D eigenvalue weighted by molar-refractivity contribution is 0.122. The Kier molecular flexibility index (Phi) is 5.89. The fourth-order valence-electron chi connectivity index (χ4n) is 4.08. The number of nitrogens with two attached hydrogens (primary N) is 1. The molecule has 0 bridgehead atoms. The molecule has 0 spiro atoms. The van der Waals surface area contributed by atoms with Crippen molar-refractivity contribution in [1.82, 2.24) is 30.5 Å². The maximum Gasteiger partial charge on any atom is 0.240 e. The lowest BCUT2D eigenvalue weighted by Gasteiger charge is -2.35. The van der Waals surface area contributed by atoms with Crippen LogP contribution < -0.4 is 10.0 Å². The molecule has 2 aromatic heterocycles. The van der Waals surface area contributed by atoms with Gasteiger partial charge in [-0.25, -0.2) is 27.0 Å². The number of tetrazole rings is 1. The van der Waals surface area contributed by atoms with Crippen LogP contribution in [0.3, 0.4) is 0 Å². The molecule has 3 N–H and O–H groups in total. The van der Waals surface area contributed by atoms with Crippen molar-refractivity contribution < 1.29 is 21.6 Å². The van der Waals surface area contributed by atoms with Gasteiger partial charge in [-0.2, -0.15) is 5.21 Å². The van der Waals surface area contributed by atoms with Crippen molar-refractivity contribution in [3.8, 4) is 22.6 Å². The molecule has 2 aliphatic heterocycles. The minimum atomic E-state index is -4.51. The monoisotopic (exact) mass is 526 g/mol. The van der Waals surface area contributed by atoms with Crippen LogP contribution >= 0.6 is 11.3 Å². The number of morpholine rings is 1. The number of anilines is 1. The third-order valence-corrected chi connectivity index (χ3v) is 9.95. The zero-order valence-electron chi connectivity index (χ0n) is 18.1. The highest BCUT2D eigenvalue weighted by molar-refractivity contribution is 7.94. The van der Waals surface area contributed by atoms with Crippen molar-refractivity contribution in [3.63, 3.8) is 0 Å². The number of H-pyrrole nitrogens is 1. The van der Waals surface area contributed by atoms with Gasteiger partial charge in [-0.15, -0.1) is 21.5 Å². The highest BCUT2D eigenvalue weighted by Gasteiger charge is 2.41. The van der Waals surface area contributed by atoms with Crippen LogP contribution in [0.5, 0.6) is 0 Å². The SMILES string of the molecule is CN1CC(S(=O)(=O)c2ccc(-c3csc(N4CCOCC4)n3)c(-c3nn[nH]n3)c2S(N)(=O)=O)C1. The van der Waals surface area contributed by atoms with Crippen molar-refractivity contribution in [3.05, 3.63) is 17.5 Å². The number of benzene rings is 1. The van der Waals surface area contributed by atoms with Crippen LogP contribution in [0.25, 0.3) is 22.6 Å². The maximum absolute atomic E-state index is 13.4. The number of aromatic amines is 1. The summed E-state index contributed by atoms with van der Waals surface area (Å²) in [7, 11) is -6.73. The lowest BCUT2D eigenvalue weighted by Crippen LogP contribution is -2.52. The molecule has 0 atom stereocenters. The molecule has 5 rings (SSSR count). The molecule has 13 nitrogen and oxygen atoms in total. The van der Waals surface area contributed by atoms with E-state index in [2.05, 4.69) is 30.5 Å². The number of ether oxygens (including phenoxy) is 1. The number of aromatic nitrogens is 5. The first-order valence-corrected chi connectivity index (χ1v) is 14.3. The van der Waals surface area contributed by atoms with E-state index in [1.807, 2.05) is 4.90 Å². The molecule has 0 unspecified atom stereocenters. The zero-order chi connectivity index (χ0) is 24.1. The quantitative estimate of drug-likeness (QED) is 0.425. The molecule has 2 fully saturated rings. The summed E-state index contributed by atoms with van der Waals surface area (Å²) in [6.45, 7) is 3.12. The maximum atomic E-state index is 13.4. The highest BCUT2D eigenvalue weighted by Crippen LogP contribution is 2.41. The number of nitrogens with one attached hydrogen (secondary N) is 1. The van der Waals surface area contributed by atoms with Crippen LogP contribution in [0, 0.1) is 0 Å². The van der Waals surface area contributed by atoms with Gasteiger partial charge < -0.3 is 14.5 Å². The summed E-state index contributed by atoms with van der Waals surface area (Å²) in [5.41, 5.74) is 0.734. The van der Waals surface area contributed by atoms with Crippen LogP contribution in [-0.4, -0.2) is 99.0 Å². The van der Waals surface area contributed by atoms with E-state index in [9.17, 15) is 16.8 Å². The van der Waals surface area contributed by atoms with Crippen molar-refractivity contribution in [2.75, 3.05) is 51.3 Å². The molecule has 2 aliphatic rings. The number of sulfone groups is 1. The van der Waals surface area contributed by atoms with Crippen LogP contribution in [-0.2, 0) is 24.6 Å². The Hall–Kier alpha value is -2.50. The van der Waals surface area contributed by atoms with Gasteiger partial charge in [0.15, 0.2) is 15.0 Å². The Morgan fingerprint density at radius 1 is 1.18 bits per heavy atom. The van der Waals surface area contributed by atoms with Gasteiger partial charge in [0.2, 0.25) is 15.8 Å². The molecule has 16 heteroatoms. The van der Waals surface area contributed by atoms with E-state index in [0.717, 1.165) is 5.13 Å². The minimum absolute atomic E-state index is 0.0520. The van der Waals surface area contributed by atoms with E-state index in [1.165, 1.54) is 23.5 Å². The Labute approximate surface area is 199 Å². The molecule has 2 saturated heterocycles. The third kappa shape index (κ3) is 4.09. The van der Waals surface area contributed by atoms with Crippen LogP contribution in [0.15, 0.2) is 27.3 Å². The summed E-state index contributed by atoms with van der Waals surface area (Å²) in [6, 6.07) is 2.80. The number of rotatable bonds is 6. The van der Waals surface area contributed by atoms with Gasteiger partial charge in [0.1, 0.15) is 4.90 Å². The van der Waals surface area contributed by atoms with Crippen molar-refractivity contribution in [2.45, 2.75) is 15.0 Å². The van der Waals surface area contributed by atoms with Gasteiger partial charge in [-0.1, -0.05) is 6.07 Å². The number of sulfonamides is 1. The molecule has 0 saturated carbocycles. The van der Waals surface area contributed by atoms with Gasteiger partial charge >= 0.3 is 0 Å². The van der Waals surface area contributed by atoms with E-state index in [0.29, 0.717) is 50.7 Å². The molecule has 0 radical (unpaired) electrons. The van der Waals surface area contributed by atoms with Crippen LogP contribution in [0.2, 0.25) is 0 Å². The predicted octanol–water partition coefficient (Wildman–Crippen LogP) is -0.438.